The van der Waals surface area contributed by atoms with Crippen LogP contribution in [-0.4, -0.2) is 53.4 Å². The summed E-state index contributed by atoms with van der Waals surface area (Å²) in [5.74, 6) is 0.904. The van der Waals surface area contributed by atoms with E-state index in [1.54, 1.807) is 0 Å². The molecule has 1 aromatic rings. The molecule has 1 saturated heterocycles. The Hall–Kier alpha value is -0.830. The molecule has 1 aromatic heterocycles. The number of aromatic nitrogens is 2. The first-order chi connectivity index (χ1) is 11.6. The Morgan fingerprint density at radius 1 is 1.16 bits per heavy atom. The number of nitrogens with zero attached hydrogens (tertiary/aromatic N) is 4. The van der Waals surface area contributed by atoms with E-state index in [0.29, 0.717) is 6.54 Å². The molecular formula is C18H35IN6. The van der Waals surface area contributed by atoms with Crippen molar-refractivity contribution in [1.82, 2.24) is 25.3 Å². The predicted molar refractivity (Wildman–Crippen MR) is 116 cm³/mol. The fourth-order valence-electron chi connectivity index (χ4n) is 3.22. The maximum atomic E-state index is 4.72. The maximum absolute atomic E-state index is 4.72. The lowest BCUT2D eigenvalue weighted by Gasteiger charge is -2.15. The summed E-state index contributed by atoms with van der Waals surface area (Å²) in [5.41, 5.74) is 3.49. The van der Waals surface area contributed by atoms with E-state index in [1.807, 2.05) is 11.7 Å². The molecule has 25 heavy (non-hydrogen) atoms. The van der Waals surface area contributed by atoms with Gasteiger partial charge in [-0.05, 0) is 66.1 Å². The fraction of sp³-hybridized carbons (Fsp3) is 0.778. The molecule has 0 spiro atoms. The van der Waals surface area contributed by atoms with E-state index < -0.39 is 0 Å². The van der Waals surface area contributed by atoms with Crippen LogP contribution in [0.3, 0.4) is 0 Å². The van der Waals surface area contributed by atoms with Gasteiger partial charge in [-0.15, -0.1) is 24.0 Å². The van der Waals surface area contributed by atoms with Gasteiger partial charge in [-0.3, -0.25) is 4.68 Å². The molecule has 0 amide bonds. The third-order valence-corrected chi connectivity index (χ3v) is 4.79. The van der Waals surface area contributed by atoms with Crippen molar-refractivity contribution in [2.75, 3.05) is 32.7 Å². The number of nitrogens with one attached hydrogen (secondary N) is 2. The molecule has 2 N–H and O–H groups in total. The lowest BCUT2D eigenvalue weighted by Crippen LogP contribution is -2.38. The fourth-order valence-corrected chi connectivity index (χ4v) is 3.22. The number of hydrogen-bond donors (Lipinski definition) is 2. The summed E-state index contributed by atoms with van der Waals surface area (Å²) in [6.45, 7) is 12.6. The van der Waals surface area contributed by atoms with Gasteiger partial charge in [0.25, 0.3) is 0 Å². The average Bonchev–Trinajstić information content (AvgIpc) is 3.15. The molecule has 0 bridgehead atoms. The highest BCUT2D eigenvalue weighted by molar-refractivity contribution is 14.0. The molecule has 0 aromatic carbocycles. The molecule has 144 valence electrons. The van der Waals surface area contributed by atoms with Gasteiger partial charge in [-0.1, -0.05) is 0 Å². The van der Waals surface area contributed by atoms with Crippen molar-refractivity contribution >= 4 is 29.9 Å². The molecule has 0 radical (unpaired) electrons. The summed E-state index contributed by atoms with van der Waals surface area (Å²) in [5, 5.41) is 11.2. The lowest BCUT2D eigenvalue weighted by atomic mass is 10.2. The molecule has 1 fully saturated rings. The van der Waals surface area contributed by atoms with Crippen LogP contribution in [0.1, 0.15) is 49.6 Å². The van der Waals surface area contributed by atoms with Crippen LogP contribution < -0.4 is 10.6 Å². The molecule has 0 unspecified atom stereocenters. The van der Waals surface area contributed by atoms with Crippen molar-refractivity contribution in [3.8, 4) is 0 Å². The number of hydrogen-bond acceptors (Lipinski definition) is 3. The van der Waals surface area contributed by atoms with E-state index in [2.05, 4.69) is 41.4 Å². The zero-order valence-electron chi connectivity index (χ0n) is 16.3. The Bertz CT molecular complexity index is 534. The van der Waals surface area contributed by atoms with Crippen LogP contribution in [0.25, 0.3) is 0 Å². The van der Waals surface area contributed by atoms with Crippen LogP contribution in [-0.2, 0) is 13.6 Å². The van der Waals surface area contributed by atoms with Crippen LogP contribution in [0.4, 0.5) is 0 Å². The van der Waals surface area contributed by atoms with Gasteiger partial charge in [0.2, 0.25) is 0 Å². The van der Waals surface area contributed by atoms with Gasteiger partial charge in [-0.25, -0.2) is 4.99 Å². The second kappa shape index (κ2) is 11.7. The third kappa shape index (κ3) is 7.13. The number of guanidine groups is 1. The van der Waals surface area contributed by atoms with Crippen LogP contribution in [0, 0.1) is 13.8 Å². The van der Waals surface area contributed by atoms with Crippen molar-refractivity contribution < 1.29 is 0 Å². The normalized spacial score (nSPS) is 15.3. The lowest BCUT2D eigenvalue weighted by molar-refractivity contribution is 0.330. The highest BCUT2D eigenvalue weighted by atomic mass is 127. The van der Waals surface area contributed by atoms with E-state index >= 15 is 0 Å². The standard InChI is InChI=1S/C18H34N6.HI/c1-5-19-18(20-10-6-7-11-24-12-8-9-13-24)21-14-17-15(2)22-23(4)16(17)3;/h5-14H2,1-4H3,(H2,19,20,21);1H. The first-order valence-corrected chi connectivity index (χ1v) is 9.35. The van der Waals surface area contributed by atoms with E-state index in [-0.39, 0.29) is 24.0 Å². The maximum Gasteiger partial charge on any atom is 0.191 e. The highest BCUT2D eigenvalue weighted by Crippen LogP contribution is 2.12. The van der Waals surface area contributed by atoms with Crippen LogP contribution in [0.5, 0.6) is 0 Å². The Morgan fingerprint density at radius 3 is 2.48 bits per heavy atom. The highest BCUT2D eigenvalue weighted by Gasteiger charge is 2.10. The Morgan fingerprint density at radius 2 is 1.88 bits per heavy atom. The molecule has 0 saturated carbocycles. The molecule has 2 rings (SSSR count). The second-order valence-electron chi connectivity index (χ2n) is 6.65. The molecule has 2 heterocycles. The van der Waals surface area contributed by atoms with Gasteiger partial charge in [-0.2, -0.15) is 5.10 Å². The summed E-state index contributed by atoms with van der Waals surface area (Å²) < 4.78 is 1.93. The smallest absolute Gasteiger partial charge is 0.191 e. The Labute approximate surface area is 169 Å². The number of unbranched alkanes of at least 4 members (excludes halogenated alkanes) is 1. The van der Waals surface area contributed by atoms with Gasteiger partial charge < -0.3 is 15.5 Å². The minimum Gasteiger partial charge on any atom is -0.357 e. The van der Waals surface area contributed by atoms with Crippen LogP contribution in [0.2, 0.25) is 0 Å². The van der Waals surface area contributed by atoms with Crippen molar-refractivity contribution in [1.29, 1.82) is 0 Å². The Balaban J connectivity index is 0.00000312. The molecule has 1 aliphatic rings. The largest absolute Gasteiger partial charge is 0.357 e. The summed E-state index contributed by atoms with van der Waals surface area (Å²) >= 11 is 0. The SMILES string of the molecule is CCNC(=NCc1c(C)nn(C)c1C)NCCCCN1CCCC1.I. The topological polar surface area (TPSA) is 57.5 Å². The average molecular weight is 462 g/mol. The molecule has 1 aliphatic heterocycles. The number of likely N-dealkylation sites (tertiary alicyclic amines) is 1. The third-order valence-electron chi connectivity index (χ3n) is 4.79. The van der Waals surface area contributed by atoms with E-state index in [0.717, 1.165) is 24.7 Å². The summed E-state index contributed by atoms with van der Waals surface area (Å²) in [7, 11) is 1.99. The number of aryl methyl sites for hydroxylation is 2. The number of rotatable bonds is 8. The van der Waals surface area contributed by atoms with Gasteiger partial charge in [0.1, 0.15) is 0 Å². The number of halogens is 1. The summed E-state index contributed by atoms with van der Waals surface area (Å²) in [4.78, 5) is 7.30. The van der Waals surface area contributed by atoms with Gasteiger partial charge in [0, 0.05) is 31.4 Å². The minimum atomic E-state index is 0. The second-order valence-corrected chi connectivity index (χ2v) is 6.65. The predicted octanol–water partition coefficient (Wildman–Crippen LogP) is 2.59. The monoisotopic (exact) mass is 462 g/mol. The van der Waals surface area contributed by atoms with Gasteiger partial charge >= 0.3 is 0 Å². The zero-order valence-corrected chi connectivity index (χ0v) is 18.6. The first-order valence-electron chi connectivity index (χ1n) is 9.35. The first kappa shape index (κ1) is 22.2. The summed E-state index contributed by atoms with van der Waals surface area (Å²) in [6.07, 6.45) is 5.20. The van der Waals surface area contributed by atoms with Gasteiger partial charge in [0.05, 0.1) is 12.2 Å². The van der Waals surface area contributed by atoms with Gasteiger partial charge in [0.15, 0.2) is 5.96 Å². The minimum absolute atomic E-state index is 0. The molecule has 7 heteroatoms. The number of aliphatic imine (C=N–C) groups is 1. The van der Waals surface area contributed by atoms with Crippen molar-refractivity contribution in [3.05, 3.63) is 17.0 Å². The molecular weight excluding hydrogens is 427 g/mol. The van der Waals surface area contributed by atoms with Crippen LogP contribution in [0.15, 0.2) is 4.99 Å². The van der Waals surface area contributed by atoms with E-state index in [9.17, 15) is 0 Å². The molecule has 0 aliphatic carbocycles. The zero-order chi connectivity index (χ0) is 17.4. The van der Waals surface area contributed by atoms with Crippen molar-refractivity contribution in [2.24, 2.45) is 12.0 Å². The van der Waals surface area contributed by atoms with Crippen molar-refractivity contribution in [3.63, 3.8) is 0 Å². The summed E-state index contributed by atoms with van der Waals surface area (Å²) in [6, 6.07) is 0. The van der Waals surface area contributed by atoms with Crippen molar-refractivity contribution in [2.45, 2.75) is 53.0 Å². The van der Waals surface area contributed by atoms with Crippen LogP contribution >= 0.6 is 24.0 Å². The van der Waals surface area contributed by atoms with E-state index in [4.69, 9.17) is 4.99 Å². The molecule has 0 atom stereocenters. The Kier molecular flexibility index (Phi) is 10.4. The molecule has 6 nitrogen and oxygen atoms in total. The van der Waals surface area contributed by atoms with E-state index in [1.165, 1.54) is 56.6 Å². The quantitative estimate of drug-likeness (QED) is 0.270.